The number of para-hydroxylation sites is 1. The number of carbonyl (C=O) groups excluding carboxylic acids is 3. The summed E-state index contributed by atoms with van der Waals surface area (Å²) in [4.78, 5) is 46.5. The Morgan fingerprint density at radius 2 is 1.37 bits per heavy atom. The number of ketones is 3. The number of benzene rings is 4. The number of hydrogen-bond donors (Lipinski definition) is 0. The van der Waals surface area contributed by atoms with Gasteiger partial charge in [-0.25, -0.2) is 0 Å². The molecule has 3 aliphatic rings. The molecule has 0 saturated carbocycles. The number of carbonyl (C=O) groups is 3. The molecule has 1 fully saturated rings. The highest BCUT2D eigenvalue weighted by Crippen LogP contribution is 2.62. The molecule has 4 aromatic carbocycles. The van der Waals surface area contributed by atoms with Crippen LogP contribution in [0.5, 0.6) is 17.2 Å². The van der Waals surface area contributed by atoms with E-state index in [2.05, 4.69) is 0 Å². The van der Waals surface area contributed by atoms with Crippen LogP contribution in [0.2, 0.25) is 0 Å². The van der Waals surface area contributed by atoms with Crippen LogP contribution in [-0.4, -0.2) is 50.8 Å². The van der Waals surface area contributed by atoms with E-state index in [9.17, 15) is 14.4 Å². The van der Waals surface area contributed by atoms with Crippen molar-refractivity contribution in [3.8, 4) is 17.2 Å². The molecule has 0 aromatic heterocycles. The lowest BCUT2D eigenvalue weighted by molar-refractivity contribution is 0.0664. The fourth-order valence-corrected chi connectivity index (χ4v) is 7.27. The topological polar surface area (TPSA) is 82.1 Å². The molecular formula is C36H29NO6. The summed E-state index contributed by atoms with van der Waals surface area (Å²) in [5.41, 5.74) is 1.77. The monoisotopic (exact) mass is 571 g/mol. The Kier molecular flexibility index (Phi) is 6.20. The van der Waals surface area contributed by atoms with Crippen molar-refractivity contribution in [2.24, 2.45) is 5.41 Å². The summed E-state index contributed by atoms with van der Waals surface area (Å²) in [6.45, 7) is 0. The second-order valence-electron chi connectivity index (χ2n) is 11.0. The lowest BCUT2D eigenvalue weighted by atomic mass is 9.64. The molecule has 0 unspecified atom stereocenters. The first-order valence-electron chi connectivity index (χ1n) is 14.1. The van der Waals surface area contributed by atoms with Gasteiger partial charge in [0.15, 0.2) is 17.3 Å². The van der Waals surface area contributed by atoms with Crippen molar-refractivity contribution in [3.63, 3.8) is 0 Å². The third-order valence-corrected chi connectivity index (χ3v) is 9.13. The molecule has 0 bridgehead atoms. The van der Waals surface area contributed by atoms with Crippen LogP contribution in [0.15, 0.2) is 97.1 Å². The van der Waals surface area contributed by atoms with Gasteiger partial charge in [0.2, 0.25) is 0 Å². The maximum atomic E-state index is 14.9. The first kappa shape index (κ1) is 26.7. The third kappa shape index (κ3) is 3.64. The lowest BCUT2D eigenvalue weighted by Gasteiger charge is -2.37. The molecule has 214 valence electrons. The van der Waals surface area contributed by atoms with E-state index in [4.69, 9.17) is 14.2 Å². The number of rotatable bonds is 6. The fourth-order valence-electron chi connectivity index (χ4n) is 7.27. The van der Waals surface area contributed by atoms with E-state index in [0.717, 1.165) is 11.3 Å². The van der Waals surface area contributed by atoms with Gasteiger partial charge in [0.05, 0.1) is 27.4 Å². The third-order valence-electron chi connectivity index (χ3n) is 9.13. The van der Waals surface area contributed by atoms with Gasteiger partial charge in [0, 0.05) is 33.9 Å². The number of anilines is 1. The highest BCUT2D eigenvalue weighted by atomic mass is 16.5. The molecule has 0 radical (unpaired) electrons. The summed E-state index contributed by atoms with van der Waals surface area (Å²) in [6.07, 6.45) is 3.85. The van der Waals surface area contributed by atoms with Crippen LogP contribution >= 0.6 is 0 Å². The number of Topliss-reactive ketones (excluding diaryl/α,β-unsaturated/α-hetero) is 3. The molecule has 7 heteroatoms. The van der Waals surface area contributed by atoms with Crippen molar-refractivity contribution < 1.29 is 28.6 Å². The fraction of sp³-hybridized carbons (Fsp3) is 0.194. The summed E-state index contributed by atoms with van der Waals surface area (Å²) in [6, 6.07) is 25.2. The van der Waals surface area contributed by atoms with Crippen LogP contribution in [0, 0.1) is 5.41 Å². The van der Waals surface area contributed by atoms with Crippen molar-refractivity contribution in [1.29, 1.82) is 0 Å². The Labute approximate surface area is 249 Å². The maximum Gasteiger partial charge on any atom is 0.185 e. The zero-order valence-electron chi connectivity index (χ0n) is 23.9. The van der Waals surface area contributed by atoms with E-state index in [1.807, 2.05) is 41.3 Å². The van der Waals surface area contributed by atoms with Crippen molar-refractivity contribution >= 4 is 29.1 Å². The largest absolute Gasteiger partial charge is 0.497 e. The van der Waals surface area contributed by atoms with E-state index < -0.39 is 23.4 Å². The minimum atomic E-state index is -1.64. The molecule has 1 saturated heterocycles. The zero-order valence-corrected chi connectivity index (χ0v) is 23.9. The normalized spacial score (nSPS) is 20.9. The van der Waals surface area contributed by atoms with Gasteiger partial charge in [-0.3, -0.25) is 14.4 Å². The molecule has 0 amide bonds. The van der Waals surface area contributed by atoms with Crippen molar-refractivity contribution in [2.45, 2.75) is 18.0 Å². The first-order chi connectivity index (χ1) is 20.9. The van der Waals surface area contributed by atoms with Gasteiger partial charge in [0.1, 0.15) is 28.7 Å². The summed E-state index contributed by atoms with van der Waals surface area (Å²) < 4.78 is 16.8. The molecule has 3 atom stereocenters. The quantitative estimate of drug-likeness (QED) is 0.207. The number of hydrogen-bond acceptors (Lipinski definition) is 7. The van der Waals surface area contributed by atoms with E-state index in [1.54, 1.807) is 88.1 Å². The Bertz CT molecular complexity index is 1790. The molecule has 2 heterocycles. The summed E-state index contributed by atoms with van der Waals surface area (Å²) in [5, 5.41) is 0. The van der Waals surface area contributed by atoms with Crippen LogP contribution < -0.4 is 19.1 Å². The smallest absolute Gasteiger partial charge is 0.185 e. The highest BCUT2D eigenvalue weighted by molar-refractivity contribution is 6.32. The lowest BCUT2D eigenvalue weighted by Crippen LogP contribution is -2.48. The average molecular weight is 572 g/mol. The van der Waals surface area contributed by atoms with Crippen molar-refractivity contribution in [1.82, 2.24) is 0 Å². The van der Waals surface area contributed by atoms with Crippen LogP contribution in [0.4, 0.5) is 5.69 Å². The van der Waals surface area contributed by atoms with Gasteiger partial charge in [-0.05, 0) is 54.1 Å². The van der Waals surface area contributed by atoms with E-state index >= 15 is 0 Å². The standard InChI is InChI=1S/C36H29NO6/c1-41-23-15-12-22(13-16-23)33(38)32-31(27-20-24(42-2)17-18-29(27)43-3)36(34(39)25-9-5-6-10-26(25)35(36)40)30-19-14-21-8-4-7-11-28(21)37(30)32/h4-20,30-32H,1-3H3/t30-,31+,32-/m1/s1. The first-order valence-corrected chi connectivity index (χ1v) is 14.1. The number of fused-ring (bicyclic) bond motifs is 5. The zero-order chi connectivity index (χ0) is 29.9. The summed E-state index contributed by atoms with van der Waals surface area (Å²) in [7, 11) is 4.67. The second-order valence-corrected chi connectivity index (χ2v) is 11.0. The maximum absolute atomic E-state index is 14.9. The van der Waals surface area contributed by atoms with E-state index in [1.165, 1.54) is 0 Å². The predicted molar refractivity (Wildman–Crippen MR) is 163 cm³/mol. The molecule has 1 spiro atoms. The molecule has 4 aromatic rings. The van der Waals surface area contributed by atoms with Gasteiger partial charge in [-0.1, -0.05) is 54.6 Å². The molecule has 7 nitrogen and oxygen atoms in total. The number of nitrogens with zero attached hydrogens (tertiary/aromatic N) is 1. The predicted octanol–water partition coefficient (Wildman–Crippen LogP) is 6.03. The minimum Gasteiger partial charge on any atom is -0.497 e. The van der Waals surface area contributed by atoms with Gasteiger partial charge in [-0.2, -0.15) is 0 Å². The molecule has 7 rings (SSSR count). The van der Waals surface area contributed by atoms with Gasteiger partial charge < -0.3 is 19.1 Å². The van der Waals surface area contributed by atoms with Gasteiger partial charge >= 0.3 is 0 Å². The van der Waals surface area contributed by atoms with Crippen molar-refractivity contribution in [2.75, 3.05) is 26.2 Å². The Morgan fingerprint density at radius 1 is 0.744 bits per heavy atom. The van der Waals surface area contributed by atoms with Crippen molar-refractivity contribution in [3.05, 3.63) is 125 Å². The summed E-state index contributed by atoms with van der Waals surface area (Å²) in [5.74, 6) is -0.129. The Hall–Kier alpha value is -5.17. The molecule has 43 heavy (non-hydrogen) atoms. The van der Waals surface area contributed by atoms with Gasteiger partial charge in [-0.15, -0.1) is 0 Å². The minimum absolute atomic E-state index is 0.221. The molecular weight excluding hydrogens is 542 g/mol. The SMILES string of the molecule is COc1ccc(C(=O)[C@H]2[C@H](c3cc(OC)ccc3OC)C3(C(=O)c4ccccc4C3=O)[C@H]3C=Cc4ccccc4N23)cc1. The Balaban J connectivity index is 1.56. The van der Waals surface area contributed by atoms with E-state index in [0.29, 0.717) is 39.5 Å². The average Bonchev–Trinajstić information content (AvgIpc) is 3.50. The Morgan fingerprint density at radius 3 is 2.02 bits per heavy atom. The van der Waals surface area contributed by atoms with Crippen LogP contribution in [0.25, 0.3) is 6.08 Å². The van der Waals surface area contributed by atoms with Crippen LogP contribution in [-0.2, 0) is 0 Å². The van der Waals surface area contributed by atoms with E-state index in [-0.39, 0.29) is 17.3 Å². The molecule has 2 aliphatic heterocycles. The van der Waals surface area contributed by atoms with Crippen LogP contribution in [0.3, 0.4) is 0 Å². The van der Waals surface area contributed by atoms with Gasteiger partial charge in [0.25, 0.3) is 0 Å². The summed E-state index contributed by atoms with van der Waals surface area (Å²) >= 11 is 0. The number of ether oxygens (including phenoxy) is 3. The molecule has 0 N–H and O–H groups in total. The van der Waals surface area contributed by atoms with Crippen LogP contribution in [0.1, 0.15) is 48.1 Å². The highest BCUT2D eigenvalue weighted by Gasteiger charge is 2.72. The molecule has 1 aliphatic carbocycles. The second kappa shape index (κ2) is 9.98. The number of methoxy groups -OCH3 is 3.